The summed E-state index contributed by atoms with van der Waals surface area (Å²) in [5.74, 6) is 0.546. The van der Waals surface area contributed by atoms with Crippen LogP contribution < -0.4 is 10.9 Å². The van der Waals surface area contributed by atoms with Gasteiger partial charge >= 0.3 is 0 Å². The summed E-state index contributed by atoms with van der Waals surface area (Å²) in [6.07, 6.45) is 4.18. The molecule has 1 fully saturated rings. The maximum Gasteiger partial charge on any atom is 0.276 e. The fraction of sp³-hybridized carbons (Fsp3) is 0.538. The molecule has 1 saturated heterocycles. The average molecular weight is 278 g/mol. The first kappa shape index (κ1) is 12.6. The van der Waals surface area contributed by atoms with Crippen molar-refractivity contribution in [1.29, 1.82) is 0 Å². The third kappa shape index (κ3) is 2.15. The van der Waals surface area contributed by atoms with E-state index in [1.54, 1.807) is 6.20 Å². The normalized spacial score (nSPS) is 21.6. The third-order valence-corrected chi connectivity index (χ3v) is 4.37. The summed E-state index contributed by atoms with van der Waals surface area (Å²) in [6, 6.07) is 2.20. The van der Waals surface area contributed by atoms with Gasteiger partial charge in [0, 0.05) is 12.2 Å². The van der Waals surface area contributed by atoms with Crippen molar-refractivity contribution in [2.24, 2.45) is 5.92 Å². The zero-order chi connectivity index (χ0) is 13.4. The van der Waals surface area contributed by atoms with E-state index in [9.17, 15) is 4.79 Å². The molecule has 0 amide bonds. The summed E-state index contributed by atoms with van der Waals surface area (Å²) in [5, 5.41) is 3.43. The topological polar surface area (TPSA) is 65.6 Å². The molecule has 0 spiro atoms. The number of hydrogen-bond donors (Lipinski definition) is 3. The second kappa shape index (κ2) is 4.94. The van der Waals surface area contributed by atoms with Gasteiger partial charge in [0.15, 0.2) is 4.77 Å². The minimum atomic E-state index is -0.143. The smallest absolute Gasteiger partial charge is 0.276 e. The number of aromatic amines is 2. The quantitative estimate of drug-likeness (QED) is 0.736. The first-order chi connectivity index (χ1) is 9.18. The number of aromatic nitrogens is 3. The minimum absolute atomic E-state index is 0.143. The lowest BCUT2D eigenvalue weighted by Gasteiger charge is -2.30. The predicted molar refractivity (Wildman–Crippen MR) is 78.0 cm³/mol. The number of hydrogen-bond acceptors (Lipinski definition) is 3. The lowest BCUT2D eigenvalue weighted by atomic mass is 9.92. The van der Waals surface area contributed by atoms with E-state index in [4.69, 9.17) is 12.2 Å². The second-order valence-electron chi connectivity index (χ2n) is 5.21. The van der Waals surface area contributed by atoms with E-state index >= 15 is 0 Å². The van der Waals surface area contributed by atoms with Gasteiger partial charge in [-0.25, -0.2) is 0 Å². The average Bonchev–Trinajstić information content (AvgIpc) is 2.89. The van der Waals surface area contributed by atoms with Crippen LogP contribution in [0.4, 0.5) is 0 Å². The van der Waals surface area contributed by atoms with Gasteiger partial charge in [0.2, 0.25) is 0 Å². The van der Waals surface area contributed by atoms with Crippen molar-refractivity contribution in [2.75, 3.05) is 13.1 Å². The molecule has 3 rings (SSSR count). The molecule has 19 heavy (non-hydrogen) atoms. The molecule has 0 bridgehead atoms. The molecule has 6 heteroatoms. The van der Waals surface area contributed by atoms with Crippen molar-refractivity contribution >= 4 is 23.3 Å². The van der Waals surface area contributed by atoms with Gasteiger partial charge in [-0.15, -0.1) is 0 Å². The zero-order valence-corrected chi connectivity index (χ0v) is 11.7. The Hall–Kier alpha value is -1.40. The van der Waals surface area contributed by atoms with E-state index in [2.05, 4.69) is 26.8 Å². The van der Waals surface area contributed by atoms with Crippen LogP contribution in [0.25, 0.3) is 11.0 Å². The fourth-order valence-corrected chi connectivity index (χ4v) is 3.34. The summed E-state index contributed by atoms with van der Waals surface area (Å²) < 4.78 is 2.58. The molecule has 102 valence electrons. The van der Waals surface area contributed by atoms with E-state index in [0.29, 0.717) is 16.2 Å². The molecule has 3 N–H and O–H groups in total. The molecule has 0 saturated carbocycles. The van der Waals surface area contributed by atoms with Crippen molar-refractivity contribution in [1.82, 2.24) is 19.9 Å². The van der Waals surface area contributed by atoms with Crippen molar-refractivity contribution in [3.8, 4) is 0 Å². The predicted octanol–water partition coefficient (Wildman–Crippen LogP) is 1.95. The van der Waals surface area contributed by atoms with Crippen LogP contribution in [-0.2, 0) is 0 Å². The Morgan fingerprint density at radius 3 is 3.11 bits per heavy atom. The molecule has 0 radical (unpaired) electrons. The van der Waals surface area contributed by atoms with Crippen LogP contribution in [0.15, 0.2) is 17.1 Å². The van der Waals surface area contributed by atoms with Crippen molar-refractivity contribution in [3.05, 3.63) is 27.4 Å². The number of rotatable bonds is 2. The summed E-state index contributed by atoms with van der Waals surface area (Å²) in [5.41, 5.74) is 1.35. The standard InChI is InChI=1S/C13H18N4OS/c1-8(9-3-2-5-14-7-9)17-10-4-6-15-11(10)12(18)16-13(17)19/h4,6,8-9,14-15H,2-3,5,7H2,1H3,(H,16,18,19). The zero-order valence-electron chi connectivity index (χ0n) is 10.9. The molecular weight excluding hydrogens is 260 g/mol. The maximum atomic E-state index is 11.8. The molecule has 0 aromatic carbocycles. The van der Waals surface area contributed by atoms with E-state index in [-0.39, 0.29) is 11.6 Å². The van der Waals surface area contributed by atoms with E-state index < -0.39 is 0 Å². The van der Waals surface area contributed by atoms with Crippen LogP contribution in [-0.4, -0.2) is 27.6 Å². The maximum absolute atomic E-state index is 11.8. The molecular formula is C13H18N4OS. The molecule has 2 unspecified atom stereocenters. The highest BCUT2D eigenvalue weighted by atomic mass is 32.1. The lowest BCUT2D eigenvalue weighted by molar-refractivity contribution is 0.281. The molecule has 1 aliphatic rings. The van der Waals surface area contributed by atoms with Gasteiger partial charge in [0.25, 0.3) is 5.56 Å². The Kier molecular flexibility index (Phi) is 3.28. The Morgan fingerprint density at radius 1 is 1.53 bits per heavy atom. The molecule has 2 aromatic rings. The van der Waals surface area contributed by atoms with E-state index in [1.165, 1.54) is 12.8 Å². The van der Waals surface area contributed by atoms with Crippen LogP contribution in [0.2, 0.25) is 0 Å². The van der Waals surface area contributed by atoms with E-state index in [1.807, 2.05) is 6.07 Å². The summed E-state index contributed by atoms with van der Waals surface area (Å²) in [4.78, 5) is 17.6. The molecule has 1 aliphatic heterocycles. The van der Waals surface area contributed by atoms with Gasteiger partial charge in [-0.1, -0.05) is 0 Å². The number of nitrogens with zero attached hydrogens (tertiary/aromatic N) is 1. The fourth-order valence-electron chi connectivity index (χ4n) is 2.98. The molecule has 2 aromatic heterocycles. The molecule has 5 nitrogen and oxygen atoms in total. The van der Waals surface area contributed by atoms with Gasteiger partial charge < -0.3 is 14.9 Å². The van der Waals surface area contributed by atoms with Crippen LogP contribution >= 0.6 is 12.2 Å². The summed E-state index contributed by atoms with van der Waals surface area (Å²) in [7, 11) is 0. The highest BCUT2D eigenvalue weighted by Gasteiger charge is 2.23. The first-order valence-electron chi connectivity index (χ1n) is 6.71. The largest absolute Gasteiger partial charge is 0.355 e. The van der Waals surface area contributed by atoms with Crippen LogP contribution in [0.1, 0.15) is 25.8 Å². The number of H-pyrrole nitrogens is 2. The first-order valence-corrected chi connectivity index (χ1v) is 7.12. The molecule has 2 atom stereocenters. The van der Waals surface area contributed by atoms with Crippen molar-refractivity contribution < 1.29 is 0 Å². The lowest BCUT2D eigenvalue weighted by Crippen LogP contribution is -2.35. The van der Waals surface area contributed by atoms with Gasteiger partial charge in [-0.05, 0) is 57.1 Å². The second-order valence-corrected chi connectivity index (χ2v) is 5.60. The van der Waals surface area contributed by atoms with Gasteiger partial charge in [0.05, 0.1) is 5.52 Å². The highest BCUT2D eigenvalue weighted by molar-refractivity contribution is 7.71. The summed E-state index contributed by atoms with van der Waals surface area (Å²) >= 11 is 5.35. The molecule has 0 aliphatic carbocycles. The monoisotopic (exact) mass is 278 g/mol. The number of fused-ring (bicyclic) bond motifs is 1. The van der Waals surface area contributed by atoms with Gasteiger partial charge in [-0.3, -0.25) is 9.78 Å². The Morgan fingerprint density at radius 2 is 2.37 bits per heavy atom. The van der Waals surface area contributed by atoms with Crippen molar-refractivity contribution in [2.45, 2.75) is 25.8 Å². The third-order valence-electron chi connectivity index (χ3n) is 4.08. The Bertz CT molecular complexity index is 692. The SMILES string of the molecule is CC(C1CCCNC1)n1c(=S)[nH]c(=O)c2[nH]ccc21. The van der Waals surface area contributed by atoms with Crippen LogP contribution in [0.5, 0.6) is 0 Å². The Balaban J connectivity index is 2.11. The highest BCUT2D eigenvalue weighted by Crippen LogP contribution is 2.26. The summed E-state index contributed by atoms with van der Waals surface area (Å²) in [6.45, 7) is 4.28. The molecule has 3 heterocycles. The number of piperidine rings is 1. The van der Waals surface area contributed by atoms with Crippen LogP contribution in [0.3, 0.4) is 0 Å². The van der Waals surface area contributed by atoms with E-state index in [0.717, 1.165) is 18.6 Å². The van der Waals surface area contributed by atoms with Crippen LogP contribution in [0, 0.1) is 10.7 Å². The Labute approximate surface area is 116 Å². The van der Waals surface area contributed by atoms with Gasteiger partial charge in [0.1, 0.15) is 5.52 Å². The minimum Gasteiger partial charge on any atom is -0.355 e. The number of nitrogens with one attached hydrogen (secondary N) is 3. The van der Waals surface area contributed by atoms with Crippen molar-refractivity contribution in [3.63, 3.8) is 0 Å². The van der Waals surface area contributed by atoms with Gasteiger partial charge in [-0.2, -0.15) is 0 Å².